The van der Waals surface area contributed by atoms with Crippen LogP contribution in [0.1, 0.15) is 68.4 Å². The third-order valence-corrected chi connectivity index (χ3v) is 4.32. The van der Waals surface area contributed by atoms with Crippen molar-refractivity contribution in [2.45, 2.75) is 57.9 Å². The minimum absolute atomic E-state index is 0.0207. The van der Waals surface area contributed by atoms with Crippen LogP contribution in [0.15, 0.2) is 12.1 Å². The number of nitrogens with zero attached hydrogens (tertiary/aromatic N) is 1. The Bertz CT molecular complexity index is 487. The molecule has 0 bridgehead atoms. The van der Waals surface area contributed by atoms with E-state index >= 15 is 0 Å². The third-order valence-electron chi connectivity index (χ3n) is 4.32. The zero-order valence-electron chi connectivity index (χ0n) is 12.9. The van der Waals surface area contributed by atoms with Gasteiger partial charge in [0.25, 0.3) is 5.91 Å². The second-order valence-electron chi connectivity index (χ2n) is 6.01. The van der Waals surface area contributed by atoms with E-state index in [9.17, 15) is 4.79 Å². The van der Waals surface area contributed by atoms with E-state index in [1.54, 1.807) is 0 Å². The van der Waals surface area contributed by atoms with Crippen molar-refractivity contribution in [2.75, 3.05) is 12.4 Å². The first-order valence-electron chi connectivity index (χ1n) is 7.52. The van der Waals surface area contributed by atoms with E-state index in [0.29, 0.717) is 11.5 Å². The Morgan fingerprint density at radius 2 is 2.10 bits per heavy atom. The summed E-state index contributed by atoms with van der Waals surface area (Å²) >= 11 is 0. The van der Waals surface area contributed by atoms with Gasteiger partial charge in [0, 0.05) is 23.8 Å². The average Bonchev–Trinajstić information content (AvgIpc) is 2.41. The summed E-state index contributed by atoms with van der Waals surface area (Å²) in [6.45, 7) is 6.32. The summed E-state index contributed by atoms with van der Waals surface area (Å²) in [5, 5.41) is 6.25. The molecule has 1 aliphatic carbocycles. The van der Waals surface area contributed by atoms with Crippen molar-refractivity contribution in [1.82, 2.24) is 10.3 Å². The predicted molar refractivity (Wildman–Crippen MR) is 82.2 cm³/mol. The van der Waals surface area contributed by atoms with Gasteiger partial charge in [-0.3, -0.25) is 4.79 Å². The van der Waals surface area contributed by atoms with Crippen LogP contribution in [-0.4, -0.2) is 23.5 Å². The summed E-state index contributed by atoms with van der Waals surface area (Å²) in [6.07, 6.45) is 4.40. The lowest BCUT2D eigenvalue weighted by atomic mass is 9.74. The Hall–Kier alpha value is -1.58. The highest BCUT2D eigenvalue weighted by Gasteiger charge is 2.36. The van der Waals surface area contributed by atoms with Crippen molar-refractivity contribution in [2.24, 2.45) is 0 Å². The van der Waals surface area contributed by atoms with Crippen LogP contribution in [0.3, 0.4) is 0 Å². The van der Waals surface area contributed by atoms with E-state index in [2.05, 4.69) is 36.4 Å². The van der Waals surface area contributed by atoms with Gasteiger partial charge in [-0.1, -0.05) is 20.8 Å². The molecule has 1 aromatic heterocycles. The van der Waals surface area contributed by atoms with Gasteiger partial charge in [-0.15, -0.1) is 0 Å². The predicted octanol–water partition coefficient (Wildman–Crippen LogP) is 3.31. The van der Waals surface area contributed by atoms with E-state index < -0.39 is 0 Å². The molecule has 1 fully saturated rings. The first kappa shape index (κ1) is 14.8. The molecule has 0 aliphatic heterocycles. The molecule has 2 N–H and O–H groups in total. The lowest BCUT2D eigenvalue weighted by molar-refractivity contribution is 0.0820. The van der Waals surface area contributed by atoms with Crippen molar-refractivity contribution in [3.05, 3.63) is 23.4 Å². The largest absolute Gasteiger partial charge is 0.373 e. The number of nitrogens with one attached hydrogen (secondary N) is 2. The summed E-state index contributed by atoms with van der Waals surface area (Å²) in [5.41, 5.74) is 1.67. The Balaban J connectivity index is 2.22. The molecule has 0 unspecified atom stereocenters. The van der Waals surface area contributed by atoms with Gasteiger partial charge in [-0.2, -0.15) is 0 Å². The van der Waals surface area contributed by atoms with Gasteiger partial charge in [0.15, 0.2) is 0 Å². The third kappa shape index (κ3) is 2.94. The van der Waals surface area contributed by atoms with E-state index in [0.717, 1.165) is 30.8 Å². The summed E-state index contributed by atoms with van der Waals surface area (Å²) < 4.78 is 0. The molecule has 0 spiro atoms. The zero-order chi connectivity index (χ0) is 14.8. The van der Waals surface area contributed by atoms with Crippen molar-refractivity contribution in [3.8, 4) is 0 Å². The Labute approximate surface area is 121 Å². The maximum Gasteiger partial charge on any atom is 0.251 e. The second-order valence-corrected chi connectivity index (χ2v) is 6.01. The summed E-state index contributed by atoms with van der Waals surface area (Å²) in [5.74, 6) is 1.08. The zero-order valence-corrected chi connectivity index (χ0v) is 12.9. The van der Waals surface area contributed by atoms with Crippen LogP contribution >= 0.6 is 0 Å². The highest BCUT2D eigenvalue weighted by Crippen LogP contribution is 2.35. The van der Waals surface area contributed by atoms with E-state index in [1.165, 1.54) is 6.42 Å². The number of carbonyl (C=O) groups excluding carboxylic acids is 1. The Kier molecular flexibility index (Phi) is 4.31. The van der Waals surface area contributed by atoms with Crippen LogP contribution in [0.25, 0.3) is 0 Å². The van der Waals surface area contributed by atoms with Gasteiger partial charge in [0.2, 0.25) is 0 Å². The maximum absolute atomic E-state index is 12.5. The van der Waals surface area contributed by atoms with Crippen molar-refractivity contribution in [1.29, 1.82) is 0 Å². The molecular formula is C16H25N3O. The number of carbonyl (C=O) groups is 1. The summed E-state index contributed by atoms with van der Waals surface area (Å²) in [6, 6.07) is 3.73. The minimum atomic E-state index is 0.0207. The molecule has 0 radical (unpaired) electrons. The Morgan fingerprint density at radius 1 is 1.40 bits per heavy atom. The highest BCUT2D eigenvalue weighted by molar-refractivity contribution is 5.95. The standard InChI is InChI=1S/C16H25N3O/c1-5-16(7-6-8-16)19-15(20)12-9-13(11(2)3)18-14(10-12)17-4/h9-11H,5-8H2,1-4H3,(H,17,18)(H,19,20). The molecule has 1 heterocycles. The lowest BCUT2D eigenvalue weighted by Crippen LogP contribution is -2.53. The fourth-order valence-electron chi connectivity index (χ4n) is 2.59. The fourth-order valence-corrected chi connectivity index (χ4v) is 2.59. The molecule has 4 heteroatoms. The molecule has 1 amide bonds. The average molecular weight is 275 g/mol. The quantitative estimate of drug-likeness (QED) is 0.867. The molecule has 4 nitrogen and oxygen atoms in total. The van der Waals surface area contributed by atoms with Crippen molar-refractivity contribution >= 4 is 11.7 Å². The number of hydrogen-bond donors (Lipinski definition) is 2. The fraction of sp³-hybridized carbons (Fsp3) is 0.625. The summed E-state index contributed by atoms with van der Waals surface area (Å²) in [7, 11) is 1.83. The molecule has 2 rings (SSSR count). The molecule has 1 aromatic rings. The summed E-state index contributed by atoms with van der Waals surface area (Å²) in [4.78, 5) is 17.0. The molecular weight excluding hydrogens is 250 g/mol. The van der Waals surface area contributed by atoms with Crippen molar-refractivity contribution in [3.63, 3.8) is 0 Å². The second kappa shape index (κ2) is 5.81. The number of pyridine rings is 1. The first-order valence-corrected chi connectivity index (χ1v) is 7.52. The van der Waals surface area contributed by atoms with E-state index in [1.807, 2.05) is 19.2 Å². The molecule has 0 aromatic carbocycles. The van der Waals surface area contributed by atoms with Crippen molar-refractivity contribution < 1.29 is 4.79 Å². The van der Waals surface area contributed by atoms with Gasteiger partial charge in [-0.05, 0) is 43.7 Å². The number of aromatic nitrogens is 1. The van der Waals surface area contributed by atoms with Crippen LogP contribution in [0, 0.1) is 0 Å². The van der Waals surface area contributed by atoms with Crippen LogP contribution in [-0.2, 0) is 0 Å². The molecule has 0 atom stereocenters. The normalized spacial score (nSPS) is 16.6. The first-order chi connectivity index (χ1) is 9.49. The van der Waals surface area contributed by atoms with Gasteiger partial charge >= 0.3 is 0 Å². The topological polar surface area (TPSA) is 54.0 Å². The molecule has 1 aliphatic rings. The van der Waals surface area contributed by atoms with Gasteiger partial charge < -0.3 is 10.6 Å². The van der Waals surface area contributed by atoms with Crippen LogP contribution in [0.4, 0.5) is 5.82 Å². The van der Waals surface area contributed by atoms with Crippen LogP contribution in [0.5, 0.6) is 0 Å². The van der Waals surface area contributed by atoms with Gasteiger partial charge in [-0.25, -0.2) is 4.98 Å². The lowest BCUT2D eigenvalue weighted by Gasteiger charge is -2.42. The number of amides is 1. The maximum atomic E-state index is 12.5. The molecule has 110 valence electrons. The van der Waals surface area contributed by atoms with Gasteiger partial charge in [0.1, 0.15) is 5.82 Å². The SMILES string of the molecule is CCC1(NC(=O)c2cc(NC)nc(C(C)C)c2)CCC1. The minimum Gasteiger partial charge on any atom is -0.373 e. The smallest absolute Gasteiger partial charge is 0.251 e. The molecule has 1 saturated carbocycles. The molecule has 0 saturated heterocycles. The Morgan fingerprint density at radius 3 is 2.55 bits per heavy atom. The number of rotatable bonds is 5. The monoisotopic (exact) mass is 275 g/mol. The van der Waals surface area contributed by atoms with Gasteiger partial charge in [0.05, 0.1) is 0 Å². The highest BCUT2D eigenvalue weighted by atomic mass is 16.1. The number of anilines is 1. The van der Waals surface area contributed by atoms with E-state index in [-0.39, 0.29) is 11.4 Å². The van der Waals surface area contributed by atoms with E-state index in [4.69, 9.17) is 0 Å². The van der Waals surface area contributed by atoms with Crippen LogP contribution < -0.4 is 10.6 Å². The van der Waals surface area contributed by atoms with Crippen LogP contribution in [0.2, 0.25) is 0 Å². The number of hydrogen-bond acceptors (Lipinski definition) is 3. The molecule has 20 heavy (non-hydrogen) atoms.